The van der Waals surface area contributed by atoms with Crippen LogP contribution in [0.2, 0.25) is 0 Å². The van der Waals surface area contributed by atoms with Gasteiger partial charge in [0.15, 0.2) is 5.78 Å². The number of halogens is 1. The molecule has 0 fully saturated rings. The Balaban J connectivity index is 1.66. The Hall–Kier alpha value is -5.04. The number of carbonyl (C=O) groups excluding carboxylic acids is 3. The number of anilines is 1. The molecule has 0 atom stereocenters. The maximum absolute atomic E-state index is 13.6. The van der Waals surface area contributed by atoms with Gasteiger partial charge in [-0.25, -0.2) is 4.39 Å². The summed E-state index contributed by atoms with van der Waals surface area (Å²) in [4.78, 5) is 38.6. The zero-order chi connectivity index (χ0) is 30.7. The first-order valence-electron chi connectivity index (χ1n) is 14.3. The highest BCUT2D eigenvalue weighted by molar-refractivity contribution is 6.13. The van der Waals surface area contributed by atoms with E-state index in [1.807, 2.05) is 68.4 Å². The Labute approximate surface area is 249 Å². The van der Waals surface area contributed by atoms with E-state index in [1.54, 1.807) is 25.1 Å². The molecule has 0 bridgehead atoms. The van der Waals surface area contributed by atoms with E-state index in [2.05, 4.69) is 10.6 Å². The summed E-state index contributed by atoms with van der Waals surface area (Å²) in [6.07, 6.45) is 0.273. The van der Waals surface area contributed by atoms with Crippen LogP contribution in [-0.4, -0.2) is 24.1 Å². The van der Waals surface area contributed by atoms with E-state index >= 15 is 0 Å². The van der Waals surface area contributed by atoms with E-state index in [-0.39, 0.29) is 35.8 Å². The molecule has 0 aliphatic heterocycles. The smallest absolute Gasteiger partial charge is 0.251 e. The normalized spacial score (nSPS) is 11.1. The second-order valence-electron chi connectivity index (χ2n) is 10.9. The molecule has 0 saturated carbocycles. The molecule has 1 aromatic heterocycles. The molecule has 0 unspecified atom stereocenters. The van der Waals surface area contributed by atoms with Crippen LogP contribution in [0.3, 0.4) is 0 Å². The van der Waals surface area contributed by atoms with Gasteiger partial charge in [-0.05, 0) is 71.1 Å². The van der Waals surface area contributed by atoms with Crippen molar-refractivity contribution in [3.8, 4) is 33.6 Å². The summed E-state index contributed by atoms with van der Waals surface area (Å²) in [5, 5.41) is 6.53. The summed E-state index contributed by atoms with van der Waals surface area (Å²) < 4.78 is 19.8. The van der Waals surface area contributed by atoms with Gasteiger partial charge in [-0.2, -0.15) is 0 Å². The van der Waals surface area contributed by atoms with E-state index in [1.165, 1.54) is 19.1 Å². The second kappa shape index (κ2) is 12.4. The number of hydrogen-bond acceptors (Lipinski definition) is 4. The summed E-state index contributed by atoms with van der Waals surface area (Å²) in [5.74, 6) is -0.238. The Morgan fingerprint density at radius 1 is 0.837 bits per heavy atom. The fourth-order valence-electron chi connectivity index (χ4n) is 5.09. The number of ketones is 1. The topological polar surface area (TPSA) is 88.4 Å². The van der Waals surface area contributed by atoms with E-state index in [0.29, 0.717) is 51.2 Å². The van der Waals surface area contributed by atoms with Crippen LogP contribution in [0.4, 0.5) is 10.1 Å². The van der Waals surface area contributed by atoms with Crippen LogP contribution in [0, 0.1) is 11.7 Å². The van der Waals surface area contributed by atoms with E-state index in [0.717, 1.165) is 16.7 Å². The van der Waals surface area contributed by atoms with Crippen LogP contribution in [-0.2, 0) is 4.79 Å². The average Bonchev–Trinajstić information content (AvgIpc) is 3.38. The van der Waals surface area contributed by atoms with Gasteiger partial charge in [0.25, 0.3) is 5.91 Å². The molecule has 0 spiro atoms. The lowest BCUT2D eigenvalue weighted by Gasteiger charge is -2.16. The van der Waals surface area contributed by atoms with Crippen molar-refractivity contribution in [2.24, 2.45) is 5.92 Å². The largest absolute Gasteiger partial charge is 0.455 e. The van der Waals surface area contributed by atoms with Gasteiger partial charge in [-0.15, -0.1) is 0 Å². The van der Waals surface area contributed by atoms with Crippen LogP contribution in [0.5, 0.6) is 0 Å². The number of carbonyl (C=O) groups is 3. The van der Waals surface area contributed by atoms with Crippen molar-refractivity contribution in [2.45, 2.75) is 34.1 Å². The molecule has 7 heteroatoms. The molecular weight excluding hydrogens is 543 g/mol. The number of amides is 2. The minimum Gasteiger partial charge on any atom is -0.455 e. The summed E-state index contributed by atoms with van der Waals surface area (Å²) in [6, 6.07) is 24.5. The first-order chi connectivity index (χ1) is 20.7. The predicted octanol–water partition coefficient (Wildman–Crippen LogP) is 8.51. The number of hydrogen-bond donors (Lipinski definition) is 2. The first-order valence-corrected chi connectivity index (χ1v) is 14.3. The Bertz CT molecular complexity index is 1840. The molecule has 0 aliphatic rings. The molecule has 0 saturated heterocycles. The lowest BCUT2D eigenvalue weighted by molar-refractivity contribution is -0.114. The molecule has 2 amide bonds. The van der Waals surface area contributed by atoms with Crippen molar-refractivity contribution in [2.75, 3.05) is 11.9 Å². The van der Waals surface area contributed by atoms with Crippen LogP contribution in [0.25, 0.3) is 44.5 Å². The molecule has 5 rings (SSSR count). The Morgan fingerprint density at radius 3 is 2.21 bits per heavy atom. The van der Waals surface area contributed by atoms with Crippen molar-refractivity contribution in [1.82, 2.24) is 5.32 Å². The fourth-order valence-corrected chi connectivity index (χ4v) is 5.09. The number of fused-ring (bicyclic) bond motifs is 1. The highest BCUT2D eigenvalue weighted by Gasteiger charge is 2.23. The van der Waals surface area contributed by atoms with Crippen molar-refractivity contribution >= 4 is 34.3 Å². The van der Waals surface area contributed by atoms with Crippen molar-refractivity contribution in [1.29, 1.82) is 0 Å². The highest BCUT2D eigenvalue weighted by Crippen LogP contribution is 2.38. The maximum atomic E-state index is 13.6. The van der Waals surface area contributed by atoms with E-state index < -0.39 is 0 Å². The van der Waals surface area contributed by atoms with Gasteiger partial charge < -0.3 is 15.1 Å². The van der Waals surface area contributed by atoms with Gasteiger partial charge in [0.05, 0.1) is 5.56 Å². The quantitative estimate of drug-likeness (QED) is 0.172. The molecule has 2 N–H and O–H groups in total. The molecule has 0 aliphatic carbocycles. The SMILES string of the molecule is CCC(=O)c1c(-c2ccc(F)cc2)oc2ccc(-c3ccc(-c4ccccc4NC(C)=O)c(C(=O)NCC(C)C)c3)cc12. The van der Waals surface area contributed by atoms with Gasteiger partial charge in [0.2, 0.25) is 5.91 Å². The molecule has 4 aromatic carbocycles. The summed E-state index contributed by atoms with van der Waals surface area (Å²) in [7, 11) is 0. The minimum atomic E-state index is -0.373. The molecule has 0 radical (unpaired) electrons. The Kier molecular flexibility index (Phi) is 8.53. The van der Waals surface area contributed by atoms with Gasteiger partial charge in [-0.1, -0.05) is 57.2 Å². The molecule has 6 nitrogen and oxygen atoms in total. The minimum absolute atomic E-state index is 0.0890. The maximum Gasteiger partial charge on any atom is 0.251 e. The summed E-state index contributed by atoms with van der Waals surface area (Å²) in [6.45, 7) is 7.80. The summed E-state index contributed by atoms with van der Waals surface area (Å²) >= 11 is 0. The average molecular weight is 577 g/mol. The van der Waals surface area contributed by atoms with Crippen molar-refractivity contribution in [3.63, 3.8) is 0 Å². The lowest BCUT2D eigenvalue weighted by atomic mass is 9.92. The number of furan rings is 1. The first kappa shape index (κ1) is 29.5. The van der Waals surface area contributed by atoms with Crippen molar-refractivity contribution < 1.29 is 23.2 Å². The van der Waals surface area contributed by atoms with Crippen LogP contribution < -0.4 is 10.6 Å². The number of rotatable bonds is 9. The monoisotopic (exact) mass is 576 g/mol. The van der Waals surface area contributed by atoms with Crippen molar-refractivity contribution in [3.05, 3.63) is 102 Å². The standard InChI is InChI=1S/C36H33FN2O4/c1-5-32(41)34-30-19-25(13-17-33(30)43-35(34)23-10-14-26(37)15-11-23)24-12-16-27(29(18-24)36(42)38-20-21(2)3)28-8-6-7-9-31(28)39-22(4)40/h6-19,21H,5,20H2,1-4H3,(H,38,42)(H,39,40). The van der Waals surface area contributed by atoms with Gasteiger partial charge in [0.1, 0.15) is 17.2 Å². The second-order valence-corrected chi connectivity index (χ2v) is 10.9. The molecule has 5 aromatic rings. The zero-order valence-corrected chi connectivity index (χ0v) is 24.6. The molecular formula is C36H33FN2O4. The Morgan fingerprint density at radius 2 is 1.51 bits per heavy atom. The van der Waals surface area contributed by atoms with Crippen LogP contribution >= 0.6 is 0 Å². The van der Waals surface area contributed by atoms with E-state index in [9.17, 15) is 18.8 Å². The van der Waals surface area contributed by atoms with Gasteiger partial charge in [0, 0.05) is 47.7 Å². The molecule has 43 heavy (non-hydrogen) atoms. The van der Waals surface area contributed by atoms with Gasteiger partial charge >= 0.3 is 0 Å². The number of para-hydroxylation sites is 1. The number of nitrogens with one attached hydrogen (secondary N) is 2. The third kappa shape index (κ3) is 6.26. The molecule has 1 heterocycles. The highest BCUT2D eigenvalue weighted by atomic mass is 19.1. The summed E-state index contributed by atoms with van der Waals surface area (Å²) in [5.41, 5.74) is 5.64. The number of Topliss-reactive ketones (excluding diaryl/α,β-unsaturated/α-hetero) is 1. The fraction of sp³-hybridized carbons (Fsp3) is 0.194. The zero-order valence-electron chi connectivity index (χ0n) is 24.6. The van der Waals surface area contributed by atoms with Gasteiger partial charge in [-0.3, -0.25) is 14.4 Å². The van der Waals surface area contributed by atoms with E-state index in [4.69, 9.17) is 4.42 Å². The lowest BCUT2D eigenvalue weighted by Crippen LogP contribution is -2.27. The molecule has 218 valence electrons. The third-order valence-corrected chi connectivity index (χ3v) is 7.19. The number of benzene rings is 4. The van der Waals surface area contributed by atoms with Crippen LogP contribution in [0.1, 0.15) is 54.8 Å². The third-order valence-electron chi connectivity index (χ3n) is 7.19. The van der Waals surface area contributed by atoms with Crippen LogP contribution in [0.15, 0.2) is 89.3 Å². The predicted molar refractivity (Wildman–Crippen MR) is 169 cm³/mol.